The van der Waals surface area contributed by atoms with Gasteiger partial charge >= 0.3 is 0 Å². The van der Waals surface area contributed by atoms with Crippen LogP contribution in [0.15, 0.2) is 18.2 Å². The highest BCUT2D eigenvalue weighted by Crippen LogP contribution is 2.28. The van der Waals surface area contributed by atoms with Crippen LogP contribution in [0, 0.1) is 0 Å². The Morgan fingerprint density at radius 3 is 2.44 bits per heavy atom. The Morgan fingerprint density at radius 2 is 1.94 bits per heavy atom. The van der Waals surface area contributed by atoms with Gasteiger partial charge in [-0.15, -0.1) is 0 Å². The first-order chi connectivity index (χ1) is 8.38. The molecule has 0 radical (unpaired) electrons. The van der Waals surface area contributed by atoms with Gasteiger partial charge in [0.2, 0.25) is 0 Å². The quantitative estimate of drug-likeness (QED) is 0.816. The van der Waals surface area contributed by atoms with E-state index in [0.717, 1.165) is 18.7 Å². The summed E-state index contributed by atoms with van der Waals surface area (Å²) in [6.07, 6.45) is 0.879. The molecule has 3 nitrogen and oxygen atoms in total. The van der Waals surface area contributed by atoms with Crippen molar-refractivity contribution in [3.63, 3.8) is 0 Å². The molecule has 0 heterocycles. The minimum Gasteiger partial charge on any atom is -0.496 e. The van der Waals surface area contributed by atoms with E-state index in [2.05, 4.69) is 32.9 Å². The third kappa shape index (κ3) is 4.00. The van der Waals surface area contributed by atoms with Gasteiger partial charge in [-0.1, -0.05) is 32.9 Å². The molecule has 0 bridgehead atoms. The lowest BCUT2D eigenvalue weighted by atomic mass is 9.85. The van der Waals surface area contributed by atoms with Crippen LogP contribution in [0.25, 0.3) is 0 Å². The molecular weight excluding hydrogens is 226 g/mol. The zero-order chi connectivity index (χ0) is 13.8. The van der Waals surface area contributed by atoms with Gasteiger partial charge < -0.3 is 9.84 Å². The van der Waals surface area contributed by atoms with Crippen molar-refractivity contribution in [2.45, 2.75) is 32.6 Å². The van der Waals surface area contributed by atoms with E-state index >= 15 is 0 Å². The normalized spacial score (nSPS) is 11.9. The molecule has 18 heavy (non-hydrogen) atoms. The van der Waals surface area contributed by atoms with Gasteiger partial charge in [-0.05, 0) is 36.1 Å². The molecule has 1 rings (SSSR count). The molecule has 0 saturated carbocycles. The molecule has 0 fully saturated rings. The second-order valence-electron chi connectivity index (χ2n) is 5.75. The lowest BCUT2D eigenvalue weighted by Gasteiger charge is -2.22. The minimum atomic E-state index is 0.0846. The molecule has 0 aliphatic rings. The van der Waals surface area contributed by atoms with Crippen LogP contribution in [0.5, 0.6) is 5.75 Å². The van der Waals surface area contributed by atoms with Crippen LogP contribution in [0.4, 0.5) is 0 Å². The summed E-state index contributed by atoms with van der Waals surface area (Å²) in [5, 5.41) is 9.02. The van der Waals surface area contributed by atoms with E-state index in [1.54, 1.807) is 7.11 Å². The summed E-state index contributed by atoms with van der Waals surface area (Å²) >= 11 is 0. The number of nitrogens with zero attached hydrogens (tertiary/aromatic N) is 1. The van der Waals surface area contributed by atoms with E-state index in [4.69, 9.17) is 9.84 Å². The average molecular weight is 251 g/mol. The minimum absolute atomic E-state index is 0.0846. The van der Waals surface area contributed by atoms with Crippen molar-refractivity contribution >= 4 is 0 Å². The number of hydrogen-bond acceptors (Lipinski definition) is 3. The van der Waals surface area contributed by atoms with Gasteiger partial charge in [-0.2, -0.15) is 0 Å². The molecule has 0 atom stereocenters. The van der Waals surface area contributed by atoms with Crippen LogP contribution in [-0.2, 0) is 11.8 Å². The van der Waals surface area contributed by atoms with Crippen molar-refractivity contribution in [3.05, 3.63) is 29.3 Å². The Morgan fingerprint density at radius 1 is 1.28 bits per heavy atom. The molecule has 0 aromatic heterocycles. The van der Waals surface area contributed by atoms with Gasteiger partial charge in [0.15, 0.2) is 0 Å². The second kappa shape index (κ2) is 6.21. The third-order valence-corrected chi connectivity index (χ3v) is 3.15. The Bertz CT molecular complexity index is 383. The Hall–Kier alpha value is -1.06. The summed E-state index contributed by atoms with van der Waals surface area (Å²) in [5.41, 5.74) is 2.65. The highest BCUT2D eigenvalue weighted by Gasteiger charge is 2.15. The van der Waals surface area contributed by atoms with Crippen LogP contribution in [0.3, 0.4) is 0 Å². The lowest BCUT2D eigenvalue weighted by molar-refractivity contribution is 0.134. The molecule has 0 saturated heterocycles. The van der Waals surface area contributed by atoms with Gasteiger partial charge in [-0.3, -0.25) is 4.90 Å². The maximum Gasteiger partial charge on any atom is 0.122 e. The first kappa shape index (κ1) is 15.0. The molecule has 0 unspecified atom stereocenters. The highest BCUT2D eigenvalue weighted by molar-refractivity contribution is 5.39. The molecule has 0 aliphatic carbocycles. The first-order valence-corrected chi connectivity index (χ1v) is 6.35. The van der Waals surface area contributed by atoms with Gasteiger partial charge in [-0.25, -0.2) is 0 Å². The molecule has 0 aliphatic heterocycles. The Kier molecular flexibility index (Phi) is 5.17. The van der Waals surface area contributed by atoms with Crippen molar-refractivity contribution < 1.29 is 9.84 Å². The van der Waals surface area contributed by atoms with Crippen molar-refractivity contribution in [2.24, 2.45) is 0 Å². The Balaban J connectivity index is 2.92. The molecule has 3 heteroatoms. The zero-order valence-corrected chi connectivity index (χ0v) is 12.2. The standard InChI is InChI=1S/C15H25NO2/c1-15(2,3)13-6-7-14(18-5)12(10-13)8-9-16(4)11-17/h6-7,10,17H,8-9,11H2,1-5H3. The van der Waals surface area contributed by atoms with Crippen LogP contribution in [-0.4, -0.2) is 37.4 Å². The second-order valence-corrected chi connectivity index (χ2v) is 5.75. The molecule has 1 aromatic rings. The number of hydrogen-bond donors (Lipinski definition) is 1. The highest BCUT2D eigenvalue weighted by atomic mass is 16.5. The number of aliphatic hydroxyl groups excluding tert-OH is 1. The molecule has 1 aromatic carbocycles. The van der Waals surface area contributed by atoms with E-state index in [-0.39, 0.29) is 12.1 Å². The largest absolute Gasteiger partial charge is 0.496 e. The van der Waals surface area contributed by atoms with Crippen LogP contribution >= 0.6 is 0 Å². The van der Waals surface area contributed by atoms with Crippen molar-refractivity contribution in [2.75, 3.05) is 27.4 Å². The van der Waals surface area contributed by atoms with E-state index in [1.807, 2.05) is 18.0 Å². The maximum atomic E-state index is 9.02. The van der Waals surface area contributed by atoms with Gasteiger partial charge in [0, 0.05) is 6.54 Å². The summed E-state index contributed by atoms with van der Waals surface area (Å²) < 4.78 is 5.40. The van der Waals surface area contributed by atoms with Gasteiger partial charge in [0.1, 0.15) is 5.75 Å². The van der Waals surface area contributed by atoms with Crippen LogP contribution < -0.4 is 4.74 Å². The fourth-order valence-corrected chi connectivity index (χ4v) is 1.82. The Labute approximate surface area is 110 Å². The lowest BCUT2D eigenvalue weighted by Crippen LogP contribution is -2.22. The molecule has 0 spiro atoms. The monoisotopic (exact) mass is 251 g/mol. The molecule has 1 N–H and O–H groups in total. The number of benzene rings is 1. The van der Waals surface area contributed by atoms with E-state index in [1.165, 1.54) is 11.1 Å². The van der Waals surface area contributed by atoms with E-state index in [0.29, 0.717) is 0 Å². The molecule has 102 valence electrons. The number of ether oxygens (including phenoxy) is 1. The average Bonchev–Trinajstić information content (AvgIpc) is 2.34. The summed E-state index contributed by atoms with van der Waals surface area (Å²) in [4.78, 5) is 1.88. The van der Waals surface area contributed by atoms with Crippen molar-refractivity contribution in [1.29, 1.82) is 0 Å². The first-order valence-electron chi connectivity index (χ1n) is 6.35. The summed E-state index contributed by atoms with van der Waals surface area (Å²) in [5.74, 6) is 0.925. The third-order valence-electron chi connectivity index (χ3n) is 3.15. The number of likely N-dealkylation sites (N-methyl/N-ethyl adjacent to an activating group) is 1. The number of methoxy groups -OCH3 is 1. The van der Waals surface area contributed by atoms with E-state index in [9.17, 15) is 0 Å². The summed E-state index contributed by atoms with van der Waals surface area (Å²) in [7, 11) is 3.60. The van der Waals surface area contributed by atoms with Crippen molar-refractivity contribution in [3.8, 4) is 5.75 Å². The number of rotatable bonds is 5. The fourth-order valence-electron chi connectivity index (χ4n) is 1.82. The molecular formula is C15H25NO2. The molecule has 0 amide bonds. The predicted molar refractivity (Wildman–Crippen MR) is 75.1 cm³/mol. The van der Waals surface area contributed by atoms with Gasteiger partial charge in [0.05, 0.1) is 13.8 Å². The fraction of sp³-hybridized carbons (Fsp3) is 0.600. The van der Waals surface area contributed by atoms with Gasteiger partial charge in [0.25, 0.3) is 0 Å². The zero-order valence-electron chi connectivity index (χ0n) is 12.2. The van der Waals surface area contributed by atoms with Crippen LogP contribution in [0.1, 0.15) is 31.9 Å². The maximum absolute atomic E-state index is 9.02. The SMILES string of the molecule is COc1ccc(C(C)(C)C)cc1CCN(C)CO. The van der Waals surface area contributed by atoms with E-state index < -0.39 is 0 Å². The van der Waals surface area contributed by atoms with Crippen molar-refractivity contribution in [1.82, 2.24) is 4.90 Å². The topological polar surface area (TPSA) is 32.7 Å². The summed E-state index contributed by atoms with van der Waals surface area (Å²) in [6, 6.07) is 6.37. The number of aliphatic hydroxyl groups is 1. The smallest absolute Gasteiger partial charge is 0.122 e. The predicted octanol–water partition coefficient (Wildman–Crippen LogP) is 2.42. The summed E-state index contributed by atoms with van der Waals surface area (Å²) in [6.45, 7) is 7.52. The van der Waals surface area contributed by atoms with Crippen LogP contribution in [0.2, 0.25) is 0 Å².